The molecule has 37 heavy (non-hydrogen) atoms. The molecule has 1 unspecified atom stereocenters. The molecule has 3 aliphatic rings. The van der Waals surface area contributed by atoms with Gasteiger partial charge in [0.25, 0.3) is 5.91 Å². The number of carboxylic acids is 1. The van der Waals surface area contributed by atoms with Crippen molar-refractivity contribution in [2.75, 3.05) is 31.1 Å². The summed E-state index contributed by atoms with van der Waals surface area (Å²) >= 11 is 6.15. The molecule has 2 saturated heterocycles. The molecule has 5 rings (SSSR count). The summed E-state index contributed by atoms with van der Waals surface area (Å²) in [6.45, 7) is 2.91. The first-order valence-corrected chi connectivity index (χ1v) is 12.1. The second-order valence-electron chi connectivity index (χ2n) is 9.47. The van der Waals surface area contributed by atoms with Gasteiger partial charge in [0.15, 0.2) is 0 Å². The molecule has 3 aliphatic heterocycles. The minimum atomic E-state index is -5.08. The molecule has 2 fully saturated rings. The molecule has 0 aromatic heterocycles. The fourth-order valence-corrected chi connectivity index (χ4v) is 5.42. The van der Waals surface area contributed by atoms with Gasteiger partial charge in [0.2, 0.25) is 0 Å². The fraction of sp³-hybridized carbons (Fsp3) is 0.440. The van der Waals surface area contributed by atoms with E-state index in [-0.39, 0.29) is 11.6 Å². The highest BCUT2D eigenvalue weighted by molar-refractivity contribution is 6.30. The number of halogens is 4. The average molecular weight is 542 g/mol. The number of anilines is 1. The lowest BCUT2D eigenvalue weighted by molar-refractivity contribution is -0.192. The minimum absolute atomic E-state index is 0.0292. The molecule has 0 bridgehead atoms. The standard InChI is InChI=1S/C23H26ClN3O3.C2HF3O2/c24-16-5-6-21-15(11-16)12-23(30-21)7-9-26(10-8-23)19-13-27(14-20(19)28)18-4-2-1-3-17(18)22(25)29;3-2(4,5)1(6)7/h1-6,11,19-20,28H,7-10,12-14H2,(H2,25,29);(H,6,7)/t19?,20-;/m1./s1. The van der Waals surface area contributed by atoms with Crippen molar-refractivity contribution in [3.63, 3.8) is 0 Å². The Kier molecular flexibility index (Phi) is 7.59. The number of hydrogen-bond donors (Lipinski definition) is 3. The highest BCUT2D eigenvalue weighted by Crippen LogP contribution is 2.42. The molecular formula is C25H27ClF3N3O5. The molecule has 3 heterocycles. The van der Waals surface area contributed by atoms with Crippen molar-refractivity contribution < 1.29 is 37.7 Å². The number of carboxylic acid groups (broad SMARTS) is 1. The van der Waals surface area contributed by atoms with Gasteiger partial charge >= 0.3 is 12.1 Å². The average Bonchev–Trinajstić information content (AvgIpc) is 3.39. The molecule has 0 aliphatic carbocycles. The van der Waals surface area contributed by atoms with Crippen LogP contribution in [-0.4, -0.2) is 77.1 Å². The Morgan fingerprint density at radius 2 is 1.76 bits per heavy atom. The summed E-state index contributed by atoms with van der Waals surface area (Å²) in [5.74, 6) is -2.25. The third-order valence-electron chi connectivity index (χ3n) is 7.05. The number of ether oxygens (including phenoxy) is 1. The fourth-order valence-electron chi connectivity index (χ4n) is 5.23. The van der Waals surface area contributed by atoms with Crippen LogP contribution in [0.15, 0.2) is 42.5 Å². The molecule has 4 N–H and O–H groups in total. The normalized spacial score (nSPS) is 22.7. The molecule has 1 amide bonds. The van der Waals surface area contributed by atoms with Gasteiger partial charge in [0.05, 0.1) is 17.7 Å². The van der Waals surface area contributed by atoms with Crippen LogP contribution >= 0.6 is 11.6 Å². The van der Waals surface area contributed by atoms with Gasteiger partial charge in [0.1, 0.15) is 11.4 Å². The Balaban J connectivity index is 0.000000405. The molecule has 0 radical (unpaired) electrons. The van der Waals surface area contributed by atoms with Crippen molar-refractivity contribution in [1.29, 1.82) is 0 Å². The van der Waals surface area contributed by atoms with E-state index in [0.717, 1.165) is 48.8 Å². The summed E-state index contributed by atoms with van der Waals surface area (Å²) in [5, 5.41) is 18.7. The van der Waals surface area contributed by atoms with Crippen LogP contribution < -0.4 is 15.4 Å². The number of aliphatic carboxylic acids is 1. The van der Waals surface area contributed by atoms with Crippen LogP contribution in [0.1, 0.15) is 28.8 Å². The number of nitrogens with zero attached hydrogens (tertiary/aromatic N) is 2. The second kappa shape index (κ2) is 10.4. The maximum Gasteiger partial charge on any atom is 0.490 e. The zero-order chi connectivity index (χ0) is 27.0. The number of benzene rings is 2. The maximum atomic E-state index is 11.8. The first-order chi connectivity index (χ1) is 17.4. The lowest BCUT2D eigenvalue weighted by Gasteiger charge is -2.41. The lowest BCUT2D eigenvalue weighted by atomic mass is 9.86. The summed E-state index contributed by atoms with van der Waals surface area (Å²) in [6.07, 6.45) is -2.83. The number of nitrogens with two attached hydrogens (primary N) is 1. The topological polar surface area (TPSA) is 116 Å². The SMILES string of the molecule is NC(=O)c1ccccc1N1CC(N2CCC3(CC2)Cc2cc(Cl)ccc2O3)[C@H](O)C1.O=C(O)C(F)(F)F. The van der Waals surface area contributed by atoms with Gasteiger partial charge in [-0.2, -0.15) is 13.2 Å². The highest BCUT2D eigenvalue weighted by Gasteiger charge is 2.45. The molecule has 2 aromatic rings. The third kappa shape index (κ3) is 5.94. The van der Waals surface area contributed by atoms with E-state index in [1.54, 1.807) is 6.07 Å². The van der Waals surface area contributed by atoms with E-state index in [4.69, 9.17) is 32.0 Å². The van der Waals surface area contributed by atoms with Crippen LogP contribution in [0.4, 0.5) is 18.9 Å². The zero-order valence-electron chi connectivity index (χ0n) is 19.7. The van der Waals surface area contributed by atoms with E-state index in [2.05, 4.69) is 9.80 Å². The Bertz CT molecular complexity index is 1170. The number of primary amides is 1. The van der Waals surface area contributed by atoms with E-state index >= 15 is 0 Å². The molecule has 2 atom stereocenters. The Morgan fingerprint density at radius 1 is 1.11 bits per heavy atom. The van der Waals surface area contributed by atoms with Crippen molar-refractivity contribution in [2.45, 2.75) is 43.2 Å². The van der Waals surface area contributed by atoms with Gasteiger partial charge in [-0.1, -0.05) is 23.7 Å². The number of carbonyl (C=O) groups excluding carboxylic acids is 1. The van der Waals surface area contributed by atoms with Gasteiger partial charge in [-0.05, 0) is 35.9 Å². The van der Waals surface area contributed by atoms with Crippen molar-refractivity contribution >= 4 is 29.2 Å². The van der Waals surface area contributed by atoms with Crippen LogP contribution in [0.5, 0.6) is 5.75 Å². The van der Waals surface area contributed by atoms with Gasteiger partial charge in [0, 0.05) is 56.2 Å². The van der Waals surface area contributed by atoms with Crippen molar-refractivity contribution in [3.05, 3.63) is 58.6 Å². The molecule has 2 aromatic carbocycles. The Hall–Kier alpha value is -3.02. The number of para-hydroxylation sites is 1. The number of amides is 1. The van der Waals surface area contributed by atoms with Gasteiger partial charge < -0.3 is 25.6 Å². The number of aliphatic hydroxyl groups is 1. The number of hydrogen-bond acceptors (Lipinski definition) is 6. The summed E-state index contributed by atoms with van der Waals surface area (Å²) in [7, 11) is 0. The zero-order valence-corrected chi connectivity index (χ0v) is 20.5. The number of likely N-dealkylation sites (tertiary alicyclic amines) is 1. The van der Waals surface area contributed by atoms with E-state index < -0.39 is 24.2 Å². The number of β-amino-alcohol motifs (C(OH)–C–C–N with tert-alkyl or cyclic N) is 1. The van der Waals surface area contributed by atoms with Crippen molar-refractivity contribution in [1.82, 2.24) is 4.90 Å². The van der Waals surface area contributed by atoms with Gasteiger partial charge in [-0.3, -0.25) is 9.69 Å². The maximum absolute atomic E-state index is 11.8. The van der Waals surface area contributed by atoms with Crippen molar-refractivity contribution in [2.24, 2.45) is 5.73 Å². The minimum Gasteiger partial charge on any atom is -0.487 e. The number of alkyl halides is 3. The van der Waals surface area contributed by atoms with Crippen LogP contribution in [0, 0.1) is 0 Å². The van der Waals surface area contributed by atoms with Crippen molar-refractivity contribution in [3.8, 4) is 5.75 Å². The summed E-state index contributed by atoms with van der Waals surface area (Å²) in [6, 6.07) is 13.2. The number of piperidine rings is 1. The Morgan fingerprint density at radius 3 is 2.38 bits per heavy atom. The quantitative estimate of drug-likeness (QED) is 0.547. The van der Waals surface area contributed by atoms with E-state index in [0.29, 0.717) is 18.7 Å². The molecule has 8 nitrogen and oxygen atoms in total. The van der Waals surface area contributed by atoms with Gasteiger partial charge in [-0.25, -0.2) is 4.79 Å². The predicted molar refractivity (Wildman–Crippen MR) is 130 cm³/mol. The molecule has 0 saturated carbocycles. The van der Waals surface area contributed by atoms with Crippen LogP contribution in [-0.2, 0) is 11.2 Å². The van der Waals surface area contributed by atoms with E-state index in [9.17, 15) is 23.1 Å². The van der Waals surface area contributed by atoms with E-state index in [1.165, 1.54) is 5.56 Å². The number of carbonyl (C=O) groups is 2. The van der Waals surface area contributed by atoms with E-state index in [1.807, 2.05) is 36.4 Å². The second-order valence-corrected chi connectivity index (χ2v) is 9.91. The Labute approximate surface area is 216 Å². The summed E-state index contributed by atoms with van der Waals surface area (Å²) in [5.41, 5.74) is 7.87. The van der Waals surface area contributed by atoms with Gasteiger partial charge in [-0.15, -0.1) is 0 Å². The highest BCUT2D eigenvalue weighted by atomic mass is 35.5. The summed E-state index contributed by atoms with van der Waals surface area (Å²) < 4.78 is 38.1. The summed E-state index contributed by atoms with van der Waals surface area (Å²) in [4.78, 5) is 25.1. The predicted octanol–water partition coefficient (Wildman–Crippen LogP) is 3.09. The van der Waals surface area contributed by atoms with Crippen LogP contribution in [0.3, 0.4) is 0 Å². The smallest absolute Gasteiger partial charge is 0.487 e. The first-order valence-electron chi connectivity index (χ1n) is 11.7. The van der Waals surface area contributed by atoms with Crippen LogP contribution in [0.25, 0.3) is 0 Å². The molecule has 200 valence electrons. The number of fused-ring (bicyclic) bond motifs is 1. The molecular weight excluding hydrogens is 515 g/mol. The lowest BCUT2D eigenvalue weighted by Crippen LogP contribution is -2.53. The molecule has 1 spiro atoms. The first kappa shape index (κ1) is 27.0. The largest absolute Gasteiger partial charge is 0.490 e. The van der Waals surface area contributed by atoms with Crippen LogP contribution in [0.2, 0.25) is 5.02 Å². The third-order valence-corrected chi connectivity index (χ3v) is 7.29. The molecule has 12 heteroatoms. The number of aliphatic hydroxyl groups excluding tert-OH is 1. The monoisotopic (exact) mass is 541 g/mol. The number of rotatable bonds is 3.